The highest BCUT2D eigenvalue weighted by molar-refractivity contribution is 7.89. The van der Waals surface area contributed by atoms with Crippen molar-refractivity contribution in [1.82, 2.24) is 14.5 Å². The van der Waals surface area contributed by atoms with Gasteiger partial charge in [0, 0.05) is 32.7 Å². The maximum atomic E-state index is 12.9. The maximum absolute atomic E-state index is 12.9. The molecule has 2 heterocycles. The highest BCUT2D eigenvalue weighted by Gasteiger charge is 2.28. The zero-order valence-electron chi connectivity index (χ0n) is 16.5. The van der Waals surface area contributed by atoms with Crippen molar-refractivity contribution in [1.29, 1.82) is 0 Å². The molecule has 2 saturated heterocycles. The summed E-state index contributed by atoms with van der Waals surface area (Å²) < 4.78 is 27.3. The summed E-state index contributed by atoms with van der Waals surface area (Å²) in [5, 5.41) is 3.35. The van der Waals surface area contributed by atoms with Crippen molar-refractivity contribution in [2.45, 2.75) is 51.0 Å². The van der Waals surface area contributed by atoms with Gasteiger partial charge in [-0.3, -0.25) is 0 Å². The van der Waals surface area contributed by atoms with Gasteiger partial charge in [0.15, 0.2) is 5.96 Å². The average Bonchev–Trinajstić information content (AvgIpc) is 3.20. The predicted molar refractivity (Wildman–Crippen MR) is 109 cm³/mol. The molecule has 0 aliphatic carbocycles. The third-order valence-electron chi connectivity index (χ3n) is 5.33. The van der Waals surface area contributed by atoms with Crippen molar-refractivity contribution in [2.24, 2.45) is 10.9 Å². The van der Waals surface area contributed by atoms with Gasteiger partial charge >= 0.3 is 0 Å². The lowest BCUT2D eigenvalue weighted by atomic mass is 10.0. The third kappa shape index (κ3) is 5.02. The molecule has 0 spiro atoms. The van der Waals surface area contributed by atoms with E-state index in [0.717, 1.165) is 44.0 Å². The molecule has 1 aromatic rings. The van der Waals surface area contributed by atoms with Gasteiger partial charge in [-0.1, -0.05) is 19.1 Å². The normalized spacial score (nSPS) is 22.2. The summed E-state index contributed by atoms with van der Waals surface area (Å²) >= 11 is 0. The van der Waals surface area contributed by atoms with Gasteiger partial charge in [-0.15, -0.1) is 0 Å². The van der Waals surface area contributed by atoms with Crippen molar-refractivity contribution in [2.75, 3.05) is 32.7 Å². The van der Waals surface area contributed by atoms with Crippen LogP contribution >= 0.6 is 0 Å². The first-order chi connectivity index (χ1) is 13.0. The molecule has 2 aliphatic rings. The Morgan fingerprint density at radius 3 is 2.48 bits per heavy atom. The molecule has 7 heteroatoms. The van der Waals surface area contributed by atoms with E-state index in [2.05, 4.69) is 24.1 Å². The van der Waals surface area contributed by atoms with Gasteiger partial charge < -0.3 is 10.2 Å². The molecule has 1 atom stereocenters. The number of piperidine rings is 1. The van der Waals surface area contributed by atoms with Crippen LogP contribution in [0.4, 0.5) is 0 Å². The predicted octanol–water partition coefficient (Wildman–Crippen LogP) is 2.67. The van der Waals surface area contributed by atoms with Gasteiger partial charge in [-0.25, -0.2) is 13.4 Å². The van der Waals surface area contributed by atoms with Crippen LogP contribution in [0.2, 0.25) is 0 Å². The molecule has 6 nitrogen and oxygen atoms in total. The number of hydrogen-bond acceptors (Lipinski definition) is 3. The first kappa shape index (κ1) is 20.1. The summed E-state index contributed by atoms with van der Waals surface area (Å²) in [4.78, 5) is 7.41. The molecule has 27 heavy (non-hydrogen) atoms. The van der Waals surface area contributed by atoms with E-state index < -0.39 is 10.0 Å². The Morgan fingerprint density at radius 2 is 1.85 bits per heavy atom. The van der Waals surface area contributed by atoms with Gasteiger partial charge in [0.2, 0.25) is 10.0 Å². The number of rotatable bonds is 5. The highest BCUT2D eigenvalue weighted by atomic mass is 32.2. The van der Waals surface area contributed by atoms with Gasteiger partial charge in [0.05, 0.1) is 11.4 Å². The van der Waals surface area contributed by atoms with Crippen molar-refractivity contribution in [3.63, 3.8) is 0 Å². The molecular weight excluding hydrogens is 360 g/mol. The summed E-state index contributed by atoms with van der Waals surface area (Å²) in [7, 11) is -3.39. The van der Waals surface area contributed by atoms with Gasteiger partial charge in [0.1, 0.15) is 0 Å². The highest BCUT2D eigenvalue weighted by Crippen LogP contribution is 2.23. The quantitative estimate of drug-likeness (QED) is 0.618. The van der Waals surface area contributed by atoms with Crippen molar-refractivity contribution in [3.05, 3.63) is 29.8 Å². The van der Waals surface area contributed by atoms with E-state index in [-0.39, 0.29) is 0 Å². The zero-order chi connectivity index (χ0) is 19.3. The van der Waals surface area contributed by atoms with Crippen LogP contribution in [0.5, 0.6) is 0 Å². The van der Waals surface area contributed by atoms with Crippen LogP contribution in [0.25, 0.3) is 0 Å². The number of benzene rings is 1. The molecule has 1 N–H and O–H groups in total. The van der Waals surface area contributed by atoms with E-state index in [1.165, 1.54) is 12.8 Å². The van der Waals surface area contributed by atoms with E-state index in [1.54, 1.807) is 16.4 Å². The number of aliphatic imine (C=N–C) groups is 1. The number of hydrogen-bond donors (Lipinski definition) is 1. The smallest absolute Gasteiger partial charge is 0.243 e. The van der Waals surface area contributed by atoms with Crippen molar-refractivity contribution >= 4 is 16.0 Å². The van der Waals surface area contributed by atoms with Crippen molar-refractivity contribution < 1.29 is 8.42 Å². The van der Waals surface area contributed by atoms with Crippen LogP contribution in [0.15, 0.2) is 34.2 Å². The fraction of sp³-hybridized carbons (Fsp3) is 0.650. The van der Waals surface area contributed by atoms with Crippen LogP contribution in [0.3, 0.4) is 0 Å². The van der Waals surface area contributed by atoms with Crippen LogP contribution in [-0.2, 0) is 16.6 Å². The Kier molecular flexibility index (Phi) is 6.76. The lowest BCUT2D eigenvalue weighted by molar-refractivity contribution is 0.281. The molecule has 3 rings (SSSR count). The number of nitrogens with one attached hydrogen (secondary N) is 1. The second-order valence-corrected chi connectivity index (χ2v) is 9.56. The Labute approximate surface area is 163 Å². The lowest BCUT2D eigenvalue weighted by Gasteiger charge is -2.30. The first-order valence-electron chi connectivity index (χ1n) is 10.1. The zero-order valence-corrected chi connectivity index (χ0v) is 17.3. The minimum absolute atomic E-state index is 0.385. The number of nitrogens with zero attached hydrogens (tertiary/aromatic N) is 3. The molecule has 0 amide bonds. The Hall–Kier alpha value is -1.60. The molecule has 2 fully saturated rings. The fourth-order valence-corrected chi connectivity index (χ4v) is 5.40. The van der Waals surface area contributed by atoms with Crippen molar-refractivity contribution in [3.8, 4) is 0 Å². The molecule has 0 saturated carbocycles. The van der Waals surface area contributed by atoms with Gasteiger partial charge in [-0.05, 0) is 56.2 Å². The molecule has 1 aromatic carbocycles. The first-order valence-corrected chi connectivity index (χ1v) is 11.6. The second-order valence-electron chi connectivity index (χ2n) is 7.62. The minimum Gasteiger partial charge on any atom is -0.357 e. The Balaban J connectivity index is 1.68. The molecule has 1 unspecified atom stereocenters. The average molecular weight is 393 g/mol. The summed E-state index contributed by atoms with van der Waals surface area (Å²) in [5.41, 5.74) is 1.02. The topological polar surface area (TPSA) is 65.0 Å². The largest absolute Gasteiger partial charge is 0.357 e. The van der Waals surface area contributed by atoms with Gasteiger partial charge in [-0.2, -0.15) is 4.31 Å². The van der Waals surface area contributed by atoms with E-state index in [0.29, 0.717) is 30.4 Å². The van der Waals surface area contributed by atoms with E-state index in [4.69, 9.17) is 4.99 Å². The summed E-state index contributed by atoms with van der Waals surface area (Å²) in [5.74, 6) is 1.38. The molecule has 2 aliphatic heterocycles. The number of likely N-dealkylation sites (tertiary alicyclic amines) is 1. The Morgan fingerprint density at radius 1 is 1.15 bits per heavy atom. The van der Waals surface area contributed by atoms with Crippen LogP contribution < -0.4 is 5.32 Å². The van der Waals surface area contributed by atoms with Crippen LogP contribution in [0, 0.1) is 5.92 Å². The lowest BCUT2D eigenvalue weighted by Crippen LogP contribution is -2.39. The maximum Gasteiger partial charge on any atom is 0.243 e. The molecular formula is C20H32N4O2S. The third-order valence-corrected chi connectivity index (χ3v) is 7.21. The fourth-order valence-electron chi connectivity index (χ4n) is 3.80. The van der Waals surface area contributed by atoms with E-state index in [9.17, 15) is 8.42 Å². The monoisotopic (exact) mass is 392 g/mol. The van der Waals surface area contributed by atoms with Crippen LogP contribution in [-0.4, -0.2) is 56.3 Å². The second kappa shape index (κ2) is 9.06. The summed E-state index contributed by atoms with van der Waals surface area (Å²) in [6, 6.07) is 7.22. The summed E-state index contributed by atoms with van der Waals surface area (Å²) in [6.07, 6.45) is 4.48. The SMILES string of the molecule is CCNC(=NCc1ccc(S(=O)(=O)N2CCCC(C)C2)cc1)N1CCCC1. The van der Waals surface area contributed by atoms with Gasteiger partial charge in [0.25, 0.3) is 0 Å². The molecule has 0 bridgehead atoms. The standard InChI is InChI=1S/C20H32N4O2S/c1-3-21-20(23-12-4-5-13-23)22-15-18-8-10-19(11-9-18)27(25,26)24-14-6-7-17(2)16-24/h8-11,17H,3-7,12-16H2,1-2H3,(H,21,22). The van der Waals surface area contributed by atoms with Crippen LogP contribution in [0.1, 0.15) is 45.1 Å². The molecule has 150 valence electrons. The number of sulfonamides is 1. The Bertz CT molecular complexity index is 740. The number of guanidine groups is 1. The minimum atomic E-state index is -3.39. The van der Waals surface area contributed by atoms with E-state index >= 15 is 0 Å². The van der Waals surface area contributed by atoms with E-state index in [1.807, 2.05) is 12.1 Å². The summed E-state index contributed by atoms with van der Waals surface area (Å²) in [6.45, 7) is 8.95. The molecule has 0 radical (unpaired) electrons. The molecule has 0 aromatic heterocycles.